The van der Waals surface area contributed by atoms with Crippen molar-refractivity contribution in [2.24, 2.45) is 5.92 Å². The Balaban J connectivity index is 2.05. The highest BCUT2D eigenvalue weighted by Gasteiger charge is 2.29. The number of hydrogen-bond acceptors (Lipinski definition) is 3. The molecule has 0 aliphatic carbocycles. The molecule has 1 aromatic heterocycles. The normalized spacial score (nSPS) is 23.7. The maximum absolute atomic E-state index is 12.0. The number of pyridine rings is 1. The van der Waals surface area contributed by atoms with Crippen LogP contribution in [0.3, 0.4) is 0 Å². The molecule has 2 heterocycles. The predicted molar refractivity (Wildman–Crippen MR) is 70.9 cm³/mol. The fourth-order valence-corrected chi connectivity index (χ4v) is 2.30. The van der Waals surface area contributed by atoms with Crippen LogP contribution in [0.15, 0.2) is 16.9 Å². The van der Waals surface area contributed by atoms with Gasteiger partial charge in [0.05, 0.1) is 17.8 Å². The number of carbonyl (C=O) groups excluding carboxylic acids is 1. The van der Waals surface area contributed by atoms with E-state index in [9.17, 15) is 4.79 Å². The van der Waals surface area contributed by atoms with Crippen molar-refractivity contribution in [2.75, 3.05) is 11.9 Å². The van der Waals surface area contributed by atoms with Crippen LogP contribution >= 0.6 is 15.9 Å². The minimum Gasteiger partial charge on any atom is -0.324 e. The highest BCUT2D eigenvalue weighted by atomic mass is 79.9. The monoisotopic (exact) mass is 297 g/mol. The first kappa shape index (κ1) is 12.5. The Morgan fingerprint density at radius 1 is 1.65 bits per heavy atom. The molecule has 1 aliphatic rings. The molecule has 2 unspecified atom stereocenters. The number of rotatable bonds is 2. The predicted octanol–water partition coefficient (Wildman–Crippen LogP) is 2.09. The molecule has 0 bridgehead atoms. The number of hydrogen-bond donors (Lipinski definition) is 2. The number of amides is 1. The molecule has 92 valence electrons. The van der Waals surface area contributed by atoms with Crippen LogP contribution < -0.4 is 10.6 Å². The lowest BCUT2D eigenvalue weighted by Gasteiger charge is -2.15. The molecule has 1 aromatic rings. The molecule has 2 atom stereocenters. The Hall–Kier alpha value is -0.940. The summed E-state index contributed by atoms with van der Waals surface area (Å²) < 4.78 is 0.811. The Bertz CT molecular complexity index is 436. The van der Waals surface area contributed by atoms with E-state index in [1.54, 1.807) is 6.20 Å². The summed E-state index contributed by atoms with van der Waals surface area (Å²) >= 11 is 3.34. The third kappa shape index (κ3) is 2.84. The van der Waals surface area contributed by atoms with Crippen LogP contribution in [0.5, 0.6) is 0 Å². The summed E-state index contributed by atoms with van der Waals surface area (Å²) in [7, 11) is 0. The smallest absolute Gasteiger partial charge is 0.229 e. The van der Waals surface area contributed by atoms with Crippen LogP contribution in [0, 0.1) is 12.8 Å². The molecule has 5 heteroatoms. The van der Waals surface area contributed by atoms with Gasteiger partial charge in [0.25, 0.3) is 0 Å². The van der Waals surface area contributed by atoms with Gasteiger partial charge in [-0.05, 0) is 54.4 Å². The first-order valence-electron chi connectivity index (χ1n) is 5.74. The number of anilines is 1. The van der Waals surface area contributed by atoms with E-state index < -0.39 is 0 Å². The number of halogens is 1. The topological polar surface area (TPSA) is 54.0 Å². The summed E-state index contributed by atoms with van der Waals surface area (Å²) in [6, 6.07) is 2.17. The van der Waals surface area contributed by atoms with E-state index in [1.807, 2.05) is 19.9 Å². The molecule has 4 nitrogen and oxygen atoms in total. The lowest BCUT2D eigenvalue weighted by molar-refractivity contribution is -0.120. The number of nitrogens with one attached hydrogen (secondary N) is 2. The number of nitrogens with zero attached hydrogens (tertiary/aromatic N) is 1. The fourth-order valence-electron chi connectivity index (χ4n) is 2.08. The first-order valence-corrected chi connectivity index (χ1v) is 6.53. The van der Waals surface area contributed by atoms with E-state index in [1.165, 1.54) is 0 Å². The van der Waals surface area contributed by atoms with Crippen LogP contribution in [-0.2, 0) is 4.79 Å². The molecule has 0 aromatic carbocycles. The average Bonchev–Trinajstić information content (AvgIpc) is 2.70. The van der Waals surface area contributed by atoms with E-state index in [0.717, 1.165) is 28.8 Å². The Labute approximate surface area is 109 Å². The van der Waals surface area contributed by atoms with Crippen molar-refractivity contribution in [3.63, 3.8) is 0 Å². The van der Waals surface area contributed by atoms with E-state index in [-0.39, 0.29) is 17.9 Å². The molecule has 0 radical (unpaired) electrons. The standard InChI is InChI=1S/C12H16BrN3O/c1-7-5-9(6-15-11(7)13)16-12(17)10-3-4-14-8(10)2/h5-6,8,10,14H,3-4H2,1-2H3,(H,16,17). The molecule has 0 saturated carbocycles. The van der Waals surface area contributed by atoms with Gasteiger partial charge in [-0.15, -0.1) is 0 Å². The highest BCUT2D eigenvalue weighted by molar-refractivity contribution is 9.10. The Kier molecular flexibility index (Phi) is 3.79. The van der Waals surface area contributed by atoms with Gasteiger partial charge in [-0.25, -0.2) is 4.98 Å². The average molecular weight is 298 g/mol. The van der Waals surface area contributed by atoms with Crippen LogP contribution in [0.1, 0.15) is 18.9 Å². The Morgan fingerprint density at radius 3 is 3.00 bits per heavy atom. The van der Waals surface area contributed by atoms with Crippen molar-refractivity contribution < 1.29 is 4.79 Å². The van der Waals surface area contributed by atoms with E-state index >= 15 is 0 Å². The summed E-state index contributed by atoms with van der Waals surface area (Å²) in [5, 5.41) is 6.19. The van der Waals surface area contributed by atoms with Gasteiger partial charge >= 0.3 is 0 Å². The van der Waals surface area contributed by atoms with Gasteiger partial charge in [0.2, 0.25) is 5.91 Å². The van der Waals surface area contributed by atoms with Crippen molar-refractivity contribution in [1.29, 1.82) is 0 Å². The van der Waals surface area contributed by atoms with Gasteiger partial charge in [0, 0.05) is 6.04 Å². The van der Waals surface area contributed by atoms with Gasteiger partial charge in [0.15, 0.2) is 0 Å². The zero-order valence-electron chi connectivity index (χ0n) is 9.96. The van der Waals surface area contributed by atoms with Gasteiger partial charge < -0.3 is 10.6 Å². The maximum atomic E-state index is 12.0. The lowest BCUT2D eigenvalue weighted by atomic mass is 10.0. The summed E-state index contributed by atoms with van der Waals surface area (Å²) in [5.41, 5.74) is 1.77. The molecular weight excluding hydrogens is 282 g/mol. The molecule has 0 spiro atoms. The molecule has 17 heavy (non-hydrogen) atoms. The number of aryl methyl sites for hydroxylation is 1. The van der Waals surface area contributed by atoms with Crippen molar-refractivity contribution in [1.82, 2.24) is 10.3 Å². The number of aromatic nitrogens is 1. The largest absolute Gasteiger partial charge is 0.324 e. The minimum absolute atomic E-state index is 0.0546. The van der Waals surface area contributed by atoms with Crippen molar-refractivity contribution in [2.45, 2.75) is 26.3 Å². The van der Waals surface area contributed by atoms with Gasteiger partial charge in [-0.2, -0.15) is 0 Å². The second-order valence-electron chi connectivity index (χ2n) is 4.46. The van der Waals surface area contributed by atoms with Gasteiger partial charge in [0.1, 0.15) is 4.60 Å². The minimum atomic E-state index is 0.0546. The second kappa shape index (κ2) is 5.14. The lowest BCUT2D eigenvalue weighted by Crippen LogP contribution is -2.32. The third-order valence-corrected chi connectivity index (χ3v) is 3.97. The van der Waals surface area contributed by atoms with Crippen molar-refractivity contribution >= 4 is 27.5 Å². The van der Waals surface area contributed by atoms with E-state index in [0.29, 0.717) is 0 Å². The summed E-state index contributed by atoms with van der Waals surface area (Å²) in [4.78, 5) is 16.2. The van der Waals surface area contributed by atoms with Crippen molar-refractivity contribution in [3.05, 3.63) is 22.4 Å². The number of carbonyl (C=O) groups is 1. The third-order valence-electron chi connectivity index (χ3n) is 3.14. The second-order valence-corrected chi connectivity index (χ2v) is 5.21. The molecule has 2 N–H and O–H groups in total. The molecule has 1 aliphatic heterocycles. The van der Waals surface area contributed by atoms with Gasteiger partial charge in [-0.1, -0.05) is 0 Å². The maximum Gasteiger partial charge on any atom is 0.229 e. The summed E-state index contributed by atoms with van der Waals surface area (Å²) in [6.45, 7) is 4.91. The molecule has 1 saturated heterocycles. The van der Waals surface area contributed by atoms with Crippen LogP contribution in [0.4, 0.5) is 5.69 Å². The highest BCUT2D eigenvalue weighted by Crippen LogP contribution is 2.20. The zero-order valence-corrected chi connectivity index (χ0v) is 11.5. The van der Waals surface area contributed by atoms with Gasteiger partial charge in [-0.3, -0.25) is 4.79 Å². The Morgan fingerprint density at radius 2 is 2.41 bits per heavy atom. The van der Waals surface area contributed by atoms with Crippen molar-refractivity contribution in [3.8, 4) is 0 Å². The van der Waals surface area contributed by atoms with Crippen LogP contribution in [0.2, 0.25) is 0 Å². The summed E-state index contributed by atoms with van der Waals surface area (Å²) in [5.74, 6) is 0.130. The van der Waals surface area contributed by atoms with Crippen LogP contribution in [-0.4, -0.2) is 23.5 Å². The molecule has 1 fully saturated rings. The van der Waals surface area contributed by atoms with E-state index in [4.69, 9.17) is 0 Å². The van der Waals surface area contributed by atoms with E-state index in [2.05, 4.69) is 31.5 Å². The van der Waals surface area contributed by atoms with Crippen LogP contribution in [0.25, 0.3) is 0 Å². The first-order chi connectivity index (χ1) is 8.08. The SMILES string of the molecule is Cc1cc(NC(=O)C2CCNC2C)cnc1Br. The summed E-state index contributed by atoms with van der Waals surface area (Å²) in [6.07, 6.45) is 2.57. The molecule has 2 rings (SSSR count). The molecule has 1 amide bonds. The zero-order chi connectivity index (χ0) is 12.4. The fraction of sp³-hybridized carbons (Fsp3) is 0.500. The quantitative estimate of drug-likeness (QED) is 0.822. The molecular formula is C12H16BrN3O.